The number of nitrogens with zero attached hydrogens (tertiary/aromatic N) is 2. The Morgan fingerprint density at radius 1 is 1.27 bits per heavy atom. The first-order valence-electron chi connectivity index (χ1n) is 7.95. The minimum Gasteiger partial charge on any atom is -0.338 e. The van der Waals surface area contributed by atoms with Crippen molar-refractivity contribution in [2.24, 2.45) is 17.6 Å². The highest BCUT2D eigenvalue weighted by Crippen LogP contribution is 2.37. The first-order valence-corrected chi connectivity index (χ1v) is 8.82. The number of likely N-dealkylation sites (tertiary alicyclic amines) is 1. The zero-order chi connectivity index (χ0) is 15.1. The van der Waals surface area contributed by atoms with Crippen molar-refractivity contribution in [3.63, 3.8) is 0 Å². The third-order valence-electron chi connectivity index (χ3n) is 5.15. The van der Waals surface area contributed by atoms with Gasteiger partial charge in [0.2, 0.25) is 0 Å². The lowest BCUT2D eigenvalue weighted by molar-refractivity contribution is 0.0769. The van der Waals surface area contributed by atoms with Gasteiger partial charge in [-0.05, 0) is 48.3 Å². The summed E-state index contributed by atoms with van der Waals surface area (Å²) in [5, 5.41) is 2.07. The van der Waals surface area contributed by atoms with E-state index in [0.717, 1.165) is 31.7 Å². The summed E-state index contributed by atoms with van der Waals surface area (Å²) in [6, 6.07) is 8.33. The Morgan fingerprint density at radius 3 is 2.95 bits per heavy atom. The average molecular weight is 315 g/mol. The summed E-state index contributed by atoms with van der Waals surface area (Å²) in [4.78, 5) is 16.1. The number of nitrogens with two attached hydrogens (primary N) is 1. The predicted octanol–water partition coefficient (Wildman–Crippen LogP) is 2.41. The number of carbonyl (C=O) groups is 1. The van der Waals surface area contributed by atoms with Gasteiger partial charge in [0.25, 0.3) is 5.91 Å². The normalized spacial score (nSPS) is 27.3. The van der Waals surface area contributed by atoms with Crippen LogP contribution >= 0.6 is 11.3 Å². The van der Waals surface area contributed by atoms with Crippen molar-refractivity contribution in [2.75, 3.05) is 13.1 Å². The molecule has 4 nitrogen and oxygen atoms in total. The molecule has 5 heteroatoms. The zero-order valence-corrected chi connectivity index (χ0v) is 13.3. The molecule has 0 bridgehead atoms. The minimum atomic E-state index is 0.156. The van der Waals surface area contributed by atoms with E-state index in [-0.39, 0.29) is 11.9 Å². The van der Waals surface area contributed by atoms with E-state index in [1.54, 1.807) is 11.3 Å². The Bertz CT molecular complexity index is 663. The molecule has 116 valence electrons. The highest BCUT2D eigenvalue weighted by Gasteiger charge is 2.42. The van der Waals surface area contributed by atoms with Crippen molar-refractivity contribution in [1.82, 2.24) is 9.47 Å². The molecule has 1 saturated heterocycles. The molecule has 2 aliphatic rings. The summed E-state index contributed by atoms with van der Waals surface area (Å²) in [5.41, 5.74) is 6.97. The molecule has 3 heterocycles. The lowest BCUT2D eigenvalue weighted by atomic mass is 9.98. The van der Waals surface area contributed by atoms with Crippen molar-refractivity contribution in [2.45, 2.75) is 25.4 Å². The molecule has 2 aromatic heterocycles. The first kappa shape index (κ1) is 14.0. The zero-order valence-electron chi connectivity index (χ0n) is 12.5. The molecule has 0 spiro atoms. The third-order valence-corrected chi connectivity index (χ3v) is 6.02. The quantitative estimate of drug-likeness (QED) is 0.945. The van der Waals surface area contributed by atoms with Crippen molar-refractivity contribution in [1.29, 1.82) is 0 Å². The Balaban J connectivity index is 1.51. The van der Waals surface area contributed by atoms with Gasteiger partial charge in [-0.3, -0.25) is 4.79 Å². The van der Waals surface area contributed by atoms with E-state index in [2.05, 4.69) is 16.0 Å². The standard InChI is InChI=1S/C17H21N3OS/c18-15-6-5-12-9-20(11-14(12)15)17(21)16-4-1-7-19(16)10-13-3-2-8-22-13/h1-4,7-8,12,14-15H,5-6,9-11,18H2. The lowest BCUT2D eigenvalue weighted by Crippen LogP contribution is -2.34. The van der Waals surface area contributed by atoms with Gasteiger partial charge >= 0.3 is 0 Å². The highest BCUT2D eigenvalue weighted by atomic mass is 32.1. The number of hydrogen-bond acceptors (Lipinski definition) is 3. The molecule has 1 aliphatic carbocycles. The second-order valence-corrected chi connectivity index (χ2v) is 7.51. The van der Waals surface area contributed by atoms with Crippen molar-refractivity contribution in [3.8, 4) is 0 Å². The SMILES string of the molecule is NC1CCC2CN(C(=O)c3cccn3Cc3cccs3)CC12. The largest absolute Gasteiger partial charge is 0.338 e. The van der Waals surface area contributed by atoms with Crippen molar-refractivity contribution in [3.05, 3.63) is 46.4 Å². The Hall–Kier alpha value is -1.59. The van der Waals surface area contributed by atoms with Gasteiger partial charge < -0.3 is 15.2 Å². The van der Waals surface area contributed by atoms with E-state index in [9.17, 15) is 4.79 Å². The van der Waals surface area contributed by atoms with Crippen LogP contribution in [0.3, 0.4) is 0 Å². The molecule has 0 aromatic carbocycles. The molecular weight excluding hydrogens is 294 g/mol. The fourth-order valence-corrected chi connectivity index (χ4v) is 4.65. The van der Waals surface area contributed by atoms with Gasteiger partial charge in [-0.2, -0.15) is 0 Å². The predicted molar refractivity (Wildman–Crippen MR) is 87.9 cm³/mol. The van der Waals surface area contributed by atoms with Gasteiger partial charge in [0, 0.05) is 30.2 Å². The minimum absolute atomic E-state index is 0.156. The van der Waals surface area contributed by atoms with Gasteiger partial charge in [0.05, 0.1) is 6.54 Å². The molecule has 1 aliphatic heterocycles. The summed E-state index contributed by atoms with van der Waals surface area (Å²) >= 11 is 1.73. The van der Waals surface area contributed by atoms with E-state index >= 15 is 0 Å². The maximum Gasteiger partial charge on any atom is 0.270 e. The molecule has 3 atom stereocenters. The Labute approximate surface area is 134 Å². The number of fused-ring (bicyclic) bond motifs is 1. The monoisotopic (exact) mass is 315 g/mol. The summed E-state index contributed by atoms with van der Waals surface area (Å²) in [6.45, 7) is 2.47. The summed E-state index contributed by atoms with van der Waals surface area (Å²) in [6.07, 6.45) is 4.29. The number of thiophene rings is 1. The average Bonchev–Trinajstić information content (AvgIpc) is 3.26. The molecule has 0 radical (unpaired) electrons. The van der Waals surface area contributed by atoms with Gasteiger partial charge in [-0.25, -0.2) is 0 Å². The van der Waals surface area contributed by atoms with Crippen LogP contribution in [0.15, 0.2) is 35.8 Å². The first-order chi connectivity index (χ1) is 10.7. The number of carbonyl (C=O) groups excluding carboxylic acids is 1. The van der Waals surface area contributed by atoms with Crippen molar-refractivity contribution >= 4 is 17.2 Å². The number of rotatable bonds is 3. The van der Waals surface area contributed by atoms with Crippen LogP contribution in [0.1, 0.15) is 28.2 Å². The second kappa shape index (κ2) is 5.56. The topological polar surface area (TPSA) is 51.3 Å². The van der Waals surface area contributed by atoms with Crippen LogP contribution in [0.4, 0.5) is 0 Å². The van der Waals surface area contributed by atoms with Crippen LogP contribution in [0, 0.1) is 11.8 Å². The van der Waals surface area contributed by atoms with Crippen molar-refractivity contribution < 1.29 is 4.79 Å². The molecule has 2 aromatic rings. The summed E-state index contributed by atoms with van der Waals surface area (Å²) in [7, 11) is 0. The number of aromatic nitrogens is 1. The van der Waals surface area contributed by atoms with E-state index < -0.39 is 0 Å². The van der Waals surface area contributed by atoms with Gasteiger partial charge in [-0.1, -0.05) is 6.07 Å². The summed E-state index contributed by atoms with van der Waals surface area (Å²) in [5.74, 6) is 1.27. The van der Waals surface area contributed by atoms with Crippen LogP contribution in [-0.2, 0) is 6.54 Å². The van der Waals surface area contributed by atoms with Gasteiger partial charge in [0.15, 0.2) is 0 Å². The molecule has 22 heavy (non-hydrogen) atoms. The van der Waals surface area contributed by atoms with Crippen LogP contribution in [-0.4, -0.2) is 34.5 Å². The molecule has 4 rings (SSSR count). The molecule has 3 unspecified atom stereocenters. The Kier molecular flexibility index (Phi) is 3.54. The van der Waals surface area contributed by atoms with Gasteiger partial charge in [-0.15, -0.1) is 11.3 Å². The van der Waals surface area contributed by atoms with E-state index in [1.807, 2.05) is 29.3 Å². The van der Waals surface area contributed by atoms with E-state index in [4.69, 9.17) is 5.73 Å². The Morgan fingerprint density at radius 2 is 2.18 bits per heavy atom. The lowest BCUT2D eigenvalue weighted by Gasteiger charge is -2.19. The van der Waals surface area contributed by atoms with Crippen LogP contribution in [0.2, 0.25) is 0 Å². The fourth-order valence-electron chi connectivity index (χ4n) is 3.95. The second-order valence-electron chi connectivity index (χ2n) is 6.48. The van der Waals surface area contributed by atoms with E-state index in [0.29, 0.717) is 11.8 Å². The smallest absolute Gasteiger partial charge is 0.270 e. The maximum absolute atomic E-state index is 12.9. The van der Waals surface area contributed by atoms with Crippen LogP contribution < -0.4 is 5.73 Å². The maximum atomic E-state index is 12.9. The number of amides is 1. The van der Waals surface area contributed by atoms with Crippen LogP contribution in [0.25, 0.3) is 0 Å². The van der Waals surface area contributed by atoms with E-state index in [1.165, 1.54) is 11.3 Å². The molecule has 2 fully saturated rings. The fraction of sp³-hybridized carbons (Fsp3) is 0.471. The van der Waals surface area contributed by atoms with Gasteiger partial charge in [0.1, 0.15) is 5.69 Å². The molecule has 2 N–H and O–H groups in total. The molecule has 1 amide bonds. The van der Waals surface area contributed by atoms with Crippen LogP contribution in [0.5, 0.6) is 0 Å². The highest BCUT2D eigenvalue weighted by molar-refractivity contribution is 7.09. The molecule has 1 saturated carbocycles. The number of hydrogen-bond donors (Lipinski definition) is 1. The molecular formula is C17H21N3OS. The third kappa shape index (κ3) is 2.38. The summed E-state index contributed by atoms with van der Waals surface area (Å²) < 4.78 is 2.06.